The molecule has 1 aromatic carbocycles. The van der Waals surface area contributed by atoms with Crippen LogP contribution in [-0.4, -0.2) is 39.5 Å². The number of ether oxygens (including phenoxy) is 1. The highest BCUT2D eigenvalue weighted by molar-refractivity contribution is 7.92. The number of carbonyl (C=O) groups is 1. The van der Waals surface area contributed by atoms with Crippen molar-refractivity contribution in [1.82, 2.24) is 0 Å². The molecule has 0 aliphatic carbocycles. The van der Waals surface area contributed by atoms with E-state index in [2.05, 4.69) is 10.2 Å². The lowest BCUT2D eigenvalue weighted by molar-refractivity contribution is -0.139. The molecule has 0 aliphatic rings. The standard InChI is InChI=1S/C10H14N2O6S/c1-17-11-8-5-7(12-19(2,15)16)3-4-9(8)18-6-10(13)14/h3-5,11-12H,6H2,1-2H3,(H,13,14). The zero-order valence-electron chi connectivity index (χ0n) is 10.3. The molecule has 0 saturated heterocycles. The van der Waals surface area contributed by atoms with E-state index in [1.165, 1.54) is 25.3 Å². The summed E-state index contributed by atoms with van der Waals surface area (Å²) in [6.45, 7) is -0.517. The van der Waals surface area contributed by atoms with Crippen LogP contribution in [-0.2, 0) is 19.7 Å². The second-order valence-corrected chi connectivity index (χ2v) is 5.32. The van der Waals surface area contributed by atoms with Crippen LogP contribution in [0.4, 0.5) is 11.4 Å². The number of hydrogen-bond donors (Lipinski definition) is 3. The molecule has 0 saturated carbocycles. The molecule has 0 radical (unpaired) electrons. The van der Waals surface area contributed by atoms with Gasteiger partial charge in [-0.25, -0.2) is 13.2 Å². The first-order valence-corrected chi connectivity index (χ1v) is 6.96. The molecule has 1 rings (SSSR count). The Morgan fingerprint density at radius 3 is 2.63 bits per heavy atom. The van der Waals surface area contributed by atoms with Crippen LogP contribution >= 0.6 is 0 Å². The third-order valence-corrected chi connectivity index (χ3v) is 2.45. The minimum absolute atomic E-state index is 0.225. The Labute approximate surface area is 110 Å². The van der Waals surface area contributed by atoms with Crippen LogP contribution in [0.15, 0.2) is 18.2 Å². The highest BCUT2D eigenvalue weighted by atomic mass is 32.2. The van der Waals surface area contributed by atoms with E-state index in [0.29, 0.717) is 11.4 Å². The topological polar surface area (TPSA) is 114 Å². The van der Waals surface area contributed by atoms with E-state index in [0.717, 1.165) is 6.26 Å². The van der Waals surface area contributed by atoms with Crippen LogP contribution in [0.25, 0.3) is 0 Å². The maximum absolute atomic E-state index is 11.1. The number of carboxylic acid groups (broad SMARTS) is 1. The molecule has 0 aromatic heterocycles. The quantitative estimate of drug-likeness (QED) is 0.626. The van der Waals surface area contributed by atoms with E-state index in [1.54, 1.807) is 0 Å². The number of anilines is 2. The Balaban J connectivity index is 2.96. The lowest BCUT2D eigenvalue weighted by Crippen LogP contribution is -2.12. The van der Waals surface area contributed by atoms with Crippen LogP contribution in [0.3, 0.4) is 0 Å². The largest absolute Gasteiger partial charge is 0.480 e. The van der Waals surface area contributed by atoms with E-state index in [4.69, 9.17) is 14.7 Å². The fourth-order valence-electron chi connectivity index (χ4n) is 1.26. The first kappa shape index (κ1) is 15.1. The van der Waals surface area contributed by atoms with Crippen LogP contribution in [0.2, 0.25) is 0 Å². The van der Waals surface area contributed by atoms with E-state index in [9.17, 15) is 13.2 Å². The molecular formula is C10H14N2O6S. The van der Waals surface area contributed by atoms with Crippen molar-refractivity contribution in [3.05, 3.63) is 18.2 Å². The Morgan fingerprint density at radius 2 is 2.11 bits per heavy atom. The number of aliphatic carboxylic acids is 1. The van der Waals surface area contributed by atoms with Gasteiger partial charge in [-0.15, -0.1) is 0 Å². The summed E-state index contributed by atoms with van der Waals surface area (Å²) in [7, 11) is -2.04. The van der Waals surface area contributed by atoms with Crippen LogP contribution in [0.5, 0.6) is 5.75 Å². The fourth-order valence-corrected chi connectivity index (χ4v) is 1.82. The molecule has 0 spiro atoms. The van der Waals surface area contributed by atoms with Crippen LogP contribution in [0, 0.1) is 0 Å². The van der Waals surface area contributed by atoms with Gasteiger partial charge < -0.3 is 9.84 Å². The van der Waals surface area contributed by atoms with Crippen molar-refractivity contribution in [2.45, 2.75) is 0 Å². The number of rotatable bonds is 7. The highest BCUT2D eigenvalue weighted by Crippen LogP contribution is 2.28. The van der Waals surface area contributed by atoms with Gasteiger partial charge in [0.1, 0.15) is 11.4 Å². The van der Waals surface area contributed by atoms with Gasteiger partial charge in [0.2, 0.25) is 10.0 Å². The molecule has 0 aliphatic heterocycles. The van der Waals surface area contributed by atoms with Gasteiger partial charge in [0.15, 0.2) is 6.61 Å². The van der Waals surface area contributed by atoms with Crippen molar-refractivity contribution < 1.29 is 27.9 Å². The molecule has 19 heavy (non-hydrogen) atoms. The van der Waals surface area contributed by atoms with Crippen molar-refractivity contribution in [3.63, 3.8) is 0 Å². The SMILES string of the molecule is CONc1cc(NS(C)(=O)=O)ccc1OCC(=O)O. The molecule has 9 heteroatoms. The Morgan fingerprint density at radius 1 is 1.42 bits per heavy atom. The normalized spacial score (nSPS) is 10.8. The van der Waals surface area contributed by atoms with Crippen molar-refractivity contribution in [3.8, 4) is 5.75 Å². The summed E-state index contributed by atoms with van der Waals surface area (Å²) in [5.74, 6) is -0.898. The summed E-state index contributed by atoms with van der Waals surface area (Å²) in [6, 6.07) is 4.29. The maximum Gasteiger partial charge on any atom is 0.341 e. The molecule has 8 nitrogen and oxygen atoms in total. The number of carboxylic acids is 1. The molecule has 0 unspecified atom stereocenters. The number of nitrogens with one attached hydrogen (secondary N) is 2. The first-order valence-electron chi connectivity index (χ1n) is 5.07. The summed E-state index contributed by atoms with van der Waals surface area (Å²) in [5.41, 5.74) is 3.07. The average molecular weight is 290 g/mol. The van der Waals surface area contributed by atoms with Gasteiger partial charge in [0, 0.05) is 0 Å². The zero-order chi connectivity index (χ0) is 14.5. The zero-order valence-corrected chi connectivity index (χ0v) is 11.2. The predicted octanol–water partition coefficient (Wildman–Crippen LogP) is 0.495. The van der Waals surface area contributed by atoms with Gasteiger partial charge in [0.25, 0.3) is 0 Å². The molecule has 0 atom stereocenters. The summed E-state index contributed by atoms with van der Waals surface area (Å²) in [4.78, 5) is 15.1. The van der Waals surface area contributed by atoms with E-state index in [1.807, 2.05) is 0 Å². The molecule has 3 N–H and O–H groups in total. The fraction of sp³-hybridized carbons (Fsp3) is 0.300. The Kier molecular flexibility index (Phi) is 4.95. The number of sulfonamides is 1. The van der Waals surface area contributed by atoms with Crippen molar-refractivity contribution >= 4 is 27.4 Å². The monoisotopic (exact) mass is 290 g/mol. The molecule has 0 amide bonds. The average Bonchev–Trinajstić information content (AvgIpc) is 2.26. The van der Waals surface area contributed by atoms with Crippen molar-refractivity contribution in [2.75, 3.05) is 30.2 Å². The van der Waals surface area contributed by atoms with Gasteiger partial charge in [-0.3, -0.25) is 15.0 Å². The van der Waals surface area contributed by atoms with Crippen LogP contribution < -0.4 is 14.9 Å². The summed E-state index contributed by atoms with van der Waals surface area (Å²) >= 11 is 0. The molecule has 0 bridgehead atoms. The molecule has 106 valence electrons. The van der Waals surface area contributed by atoms with Crippen LogP contribution in [0.1, 0.15) is 0 Å². The summed E-state index contributed by atoms with van der Waals surface area (Å²) < 4.78 is 29.5. The lowest BCUT2D eigenvalue weighted by atomic mass is 10.2. The molecule has 0 fully saturated rings. The molecular weight excluding hydrogens is 276 g/mol. The number of hydrogen-bond acceptors (Lipinski definition) is 6. The second kappa shape index (κ2) is 6.25. The van der Waals surface area contributed by atoms with Gasteiger partial charge in [-0.2, -0.15) is 0 Å². The van der Waals surface area contributed by atoms with Gasteiger partial charge in [-0.05, 0) is 18.2 Å². The first-order chi connectivity index (χ1) is 8.81. The second-order valence-electron chi connectivity index (χ2n) is 3.57. The lowest BCUT2D eigenvalue weighted by Gasteiger charge is -2.12. The van der Waals surface area contributed by atoms with Gasteiger partial charge in [0.05, 0.1) is 19.1 Å². The molecule has 1 aromatic rings. The van der Waals surface area contributed by atoms with E-state index < -0.39 is 22.6 Å². The Bertz CT molecular complexity index is 557. The number of benzene rings is 1. The van der Waals surface area contributed by atoms with Crippen molar-refractivity contribution in [1.29, 1.82) is 0 Å². The Hall–Kier alpha value is -2.00. The smallest absolute Gasteiger partial charge is 0.341 e. The maximum atomic E-state index is 11.1. The third-order valence-electron chi connectivity index (χ3n) is 1.85. The van der Waals surface area contributed by atoms with E-state index in [-0.39, 0.29) is 5.75 Å². The summed E-state index contributed by atoms with van der Waals surface area (Å²) in [5, 5.41) is 8.53. The predicted molar refractivity (Wildman–Crippen MR) is 68.7 cm³/mol. The van der Waals surface area contributed by atoms with Gasteiger partial charge >= 0.3 is 5.97 Å². The third kappa shape index (κ3) is 5.44. The van der Waals surface area contributed by atoms with Crippen molar-refractivity contribution in [2.24, 2.45) is 0 Å². The summed E-state index contributed by atoms with van der Waals surface area (Å²) in [6.07, 6.45) is 1.02. The minimum Gasteiger partial charge on any atom is -0.480 e. The van der Waals surface area contributed by atoms with Gasteiger partial charge in [-0.1, -0.05) is 0 Å². The minimum atomic E-state index is -3.40. The van der Waals surface area contributed by atoms with E-state index >= 15 is 0 Å². The highest BCUT2D eigenvalue weighted by Gasteiger charge is 2.09. The molecule has 0 heterocycles.